The number of hydrogen-bond donors (Lipinski definition) is 0. The molecule has 0 saturated heterocycles. The molecule has 34 heavy (non-hydrogen) atoms. The van der Waals surface area contributed by atoms with Crippen LogP contribution in [0.15, 0.2) is 0 Å². The molecular weight excluding hydrogens is 416 g/mol. The van der Waals surface area contributed by atoms with Crippen molar-refractivity contribution < 1.29 is 9.53 Å². The van der Waals surface area contributed by atoms with E-state index in [1.165, 1.54) is 161 Å². The third-order valence-corrected chi connectivity index (χ3v) is 7.34. The summed E-state index contributed by atoms with van der Waals surface area (Å²) in [4.78, 5) is 11.2. The highest BCUT2D eigenvalue weighted by Gasteiger charge is 2.10. The van der Waals surface area contributed by atoms with E-state index >= 15 is 0 Å². The molecule has 2 heteroatoms. The van der Waals surface area contributed by atoms with Gasteiger partial charge in [-0.3, -0.25) is 4.79 Å². The van der Waals surface area contributed by atoms with Crippen molar-refractivity contribution in [3.05, 3.63) is 0 Å². The molecule has 0 aliphatic rings. The maximum Gasteiger partial charge on any atom is 0.302 e. The molecule has 0 aliphatic heterocycles. The first-order chi connectivity index (χ1) is 16.7. The Balaban J connectivity index is 3.20. The van der Waals surface area contributed by atoms with Crippen molar-refractivity contribution in [3.8, 4) is 0 Å². The topological polar surface area (TPSA) is 26.3 Å². The maximum absolute atomic E-state index is 11.2. The van der Waals surface area contributed by atoms with Gasteiger partial charge in [0.15, 0.2) is 0 Å². The van der Waals surface area contributed by atoms with Gasteiger partial charge in [0.1, 0.15) is 6.10 Å². The van der Waals surface area contributed by atoms with Crippen LogP contribution in [0.1, 0.15) is 194 Å². The van der Waals surface area contributed by atoms with Crippen molar-refractivity contribution in [2.24, 2.45) is 0 Å². The number of ether oxygens (including phenoxy) is 1. The van der Waals surface area contributed by atoms with Gasteiger partial charge < -0.3 is 4.74 Å². The van der Waals surface area contributed by atoms with Crippen LogP contribution in [0.3, 0.4) is 0 Å². The van der Waals surface area contributed by atoms with E-state index in [0.717, 1.165) is 19.3 Å². The Hall–Kier alpha value is -0.530. The number of unbranched alkanes of at least 4 members (excludes halogenated alkanes) is 23. The molecule has 204 valence electrons. The van der Waals surface area contributed by atoms with Gasteiger partial charge in [-0.15, -0.1) is 0 Å². The second kappa shape index (κ2) is 28.7. The third kappa shape index (κ3) is 27.7. The van der Waals surface area contributed by atoms with Gasteiger partial charge in [0.05, 0.1) is 0 Å². The highest BCUT2D eigenvalue weighted by molar-refractivity contribution is 5.66. The number of hydrogen-bond acceptors (Lipinski definition) is 2. The monoisotopic (exact) mass is 480 g/mol. The molecule has 0 heterocycles. The van der Waals surface area contributed by atoms with E-state index in [1.807, 2.05) is 0 Å². The Morgan fingerprint density at radius 2 is 0.706 bits per heavy atom. The zero-order chi connectivity index (χ0) is 25.0. The minimum atomic E-state index is -0.116. The van der Waals surface area contributed by atoms with E-state index in [4.69, 9.17) is 4.74 Å². The number of esters is 1. The lowest BCUT2D eigenvalue weighted by Gasteiger charge is -2.16. The second-order valence-corrected chi connectivity index (χ2v) is 10.9. The van der Waals surface area contributed by atoms with Crippen LogP contribution < -0.4 is 0 Å². The zero-order valence-electron chi connectivity index (χ0n) is 24.0. The molecule has 0 bridgehead atoms. The lowest BCUT2D eigenvalue weighted by molar-refractivity contribution is -0.147. The number of carbonyl (C=O) groups is 1. The Labute approximate surface area is 215 Å². The fourth-order valence-electron chi connectivity index (χ4n) is 5.09. The highest BCUT2D eigenvalue weighted by Crippen LogP contribution is 2.17. The summed E-state index contributed by atoms with van der Waals surface area (Å²) in [7, 11) is 0. The molecule has 0 rings (SSSR count). The molecular formula is C32H64O2. The molecule has 0 aromatic heterocycles. The van der Waals surface area contributed by atoms with Crippen molar-refractivity contribution in [2.75, 3.05) is 0 Å². The summed E-state index contributed by atoms with van der Waals surface area (Å²) < 4.78 is 5.46. The van der Waals surface area contributed by atoms with Crippen LogP contribution in [0.5, 0.6) is 0 Å². The third-order valence-electron chi connectivity index (χ3n) is 7.34. The van der Waals surface area contributed by atoms with Gasteiger partial charge in [0, 0.05) is 6.92 Å². The molecule has 0 spiro atoms. The van der Waals surface area contributed by atoms with Gasteiger partial charge >= 0.3 is 5.97 Å². The molecule has 0 saturated carbocycles. The van der Waals surface area contributed by atoms with Gasteiger partial charge in [-0.2, -0.15) is 0 Å². The lowest BCUT2D eigenvalue weighted by Crippen LogP contribution is -2.16. The van der Waals surface area contributed by atoms with Crippen LogP contribution in [0.25, 0.3) is 0 Å². The molecule has 0 radical (unpaired) electrons. The van der Waals surface area contributed by atoms with Gasteiger partial charge in [-0.05, 0) is 19.3 Å². The summed E-state index contributed by atoms with van der Waals surface area (Å²) in [5.74, 6) is -0.116. The standard InChI is InChI=1S/C32H64O2/c1-4-6-8-9-10-11-12-13-14-15-16-17-18-19-20-21-22-23-24-25-26-27-28-30-32(29-7-5-2)34-31(3)33/h32H,4-30H2,1-3H3/t32-/m0/s1. The molecule has 2 nitrogen and oxygen atoms in total. The first kappa shape index (κ1) is 33.5. The molecule has 0 aliphatic carbocycles. The van der Waals surface area contributed by atoms with E-state index in [2.05, 4.69) is 13.8 Å². The summed E-state index contributed by atoms with van der Waals surface area (Å²) in [6, 6.07) is 0. The Morgan fingerprint density at radius 3 is 1.00 bits per heavy atom. The molecule has 0 amide bonds. The summed E-state index contributed by atoms with van der Waals surface area (Å²) >= 11 is 0. The fraction of sp³-hybridized carbons (Fsp3) is 0.969. The Bertz CT molecular complexity index is 392. The van der Waals surface area contributed by atoms with Crippen molar-refractivity contribution in [2.45, 2.75) is 200 Å². The first-order valence-corrected chi connectivity index (χ1v) is 15.9. The normalized spacial score (nSPS) is 12.2. The number of carbonyl (C=O) groups excluding carboxylic acids is 1. The Morgan fingerprint density at radius 1 is 0.441 bits per heavy atom. The average Bonchev–Trinajstić information content (AvgIpc) is 2.82. The molecule has 0 aromatic carbocycles. The van der Waals surface area contributed by atoms with E-state index in [0.29, 0.717) is 0 Å². The SMILES string of the molecule is CCCCCCCCCCCCCCCCCCCCCCCCC[C@H](CCCC)OC(C)=O. The lowest BCUT2D eigenvalue weighted by atomic mass is 10.0. The first-order valence-electron chi connectivity index (χ1n) is 15.9. The van der Waals surface area contributed by atoms with Crippen LogP contribution in [-0.2, 0) is 9.53 Å². The van der Waals surface area contributed by atoms with Crippen molar-refractivity contribution in [1.82, 2.24) is 0 Å². The highest BCUT2D eigenvalue weighted by atomic mass is 16.5. The van der Waals surface area contributed by atoms with Crippen LogP contribution in [0.2, 0.25) is 0 Å². The van der Waals surface area contributed by atoms with E-state index in [9.17, 15) is 4.79 Å². The average molecular weight is 481 g/mol. The predicted molar refractivity (Wildman–Crippen MR) is 152 cm³/mol. The summed E-state index contributed by atoms with van der Waals surface area (Å²) in [6.45, 7) is 6.04. The molecule has 0 unspecified atom stereocenters. The van der Waals surface area contributed by atoms with Gasteiger partial charge in [0.2, 0.25) is 0 Å². The van der Waals surface area contributed by atoms with Gasteiger partial charge in [-0.25, -0.2) is 0 Å². The minimum Gasteiger partial charge on any atom is -0.463 e. The molecule has 1 atom stereocenters. The van der Waals surface area contributed by atoms with Gasteiger partial charge in [0.25, 0.3) is 0 Å². The largest absolute Gasteiger partial charge is 0.463 e. The van der Waals surface area contributed by atoms with E-state index in [-0.39, 0.29) is 12.1 Å². The summed E-state index contributed by atoms with van der Waals surface area (Å²) in [5, 5.41) is 0. The van der Waals surface area contributed by atoms with Crippen molar-refractivity contribution in [3.63, 3.8) is 0 Å². The second-order valence-electron chi connectivity index (χ2n) is 10.9. The summed E-state index contributed by atoms with van der Waals surface area (Å²) in [5.41, 5.74) is 0. The number of rotatable bonds is 28. The quantitative estimate of drug-likeness (QED) is 0.0821. The van der Waals surface area contributed by atoms with Crippen LogP contribution in [0, 0.1) is 0 Å². The van der Waals surface area contributed by atoms with Crippen molar-refractivity contribution >= 4 is 5.97 Å². The fourth-order valence-corrected chi connectivity index (χ4v) is 5.09. The maximum atomic E-state index is 11.2. The smallest absolute Gasteiger partial charge is 0.302 e. The molecule has 0 fully saturated rings. The zero-order valence-corrected chi connectivity index (χ0v) is 24.0. The van der Waals surface area contributed by atoms with Crippen molar-refractivity contribution in [1.29, 1.82) is 0 Å². The van der Waals surface area contributed by atoms with E-state index < -0.39 is 0 Å². The van der Waals surface area contributed by atoms with Gasteiger partial charge in [-0.1, -0.05) is 168 Å². The summed E-state index contributed by atoms with van der Waals surface area (Å²) in [6.07, 6.45) is 37.4. The van der Waals surface area contributed by atoms with E-state index in [1.54, 1.807) is 0 Å². The Kier molecular flexibility index (Phi) is 28.3. The van der Waals surface area contributed by atoms with Crippen LogP contribution >= 0.6 is 0 Å². The van der Waals surface area contributed by atoms with Crippen LogP contribution in [0.4, 0.5) is 0 Å². The minimum absolute atomic E-state index is 0.116. The predicted octanol–water partition coefficient (Wildman–Crippen LogP) is 11.5. The molecule has 0 N–H and O–H groups in total. The van der Waals surface area contributed by atoms with Crippen LogP contribution in [-0.4, -0.2) is 12.1 Å². The molecule has 0 aromatic rings.